The van der Waals surface area contributed by atoms with Crippen molar-refractivity contribution in [3.8, 4) is 23.0 Å². The van der Waals surface area contributed by atoms with E-state index in [2.05, 4.69) is 21.5 Å². The minimum absolute atomic E-state index is 0.539. The van der Waals surface area contributed by atoms with Crippen LogP contribution < -0.4 is 9.47 Å². The van der Waals surface area contributed by atoms with Gasteiger partial charge in [-0.25, -0.2) is 4.98 Å². The molecule has 0 bridgehead atoms. The molecular formula is C24H24N4O4S. The Morgan fingerprint density at radius 3 is 2.55 bits per heavy atom. The Bertz CT molecular complexity index is 1470. The summed E-state index contributed by atoms with van der Waals surface area (Å²) < 4.78 is 24.7. The van der Waals surface area contributed by atoms with E-state index in [0.717, 1.165) is 56.7 Å². The van der Waals surface area contributed by atoms with Crippen LogP contribution in [0.15, 0.2) is 44.2 Å². The first-order chi connectivity index (χ1) is 16.0. The maximum Gasteiger partial charge on any atom is 0.226 e. The molecule has 0 saturated heterocycles. The summed E-state index contributed by atoms with van der Waals surface area (Å²) in [5, 5.41) is 9.77. The fourth-order valence-corrected chi connectivity index (χ4v) is 4.81. The van der Waals surface area contributed by atoms with Crippen LogP contribution in [0.25, 0.3) is 28.1 Å². The van der Waals surface area contributed by atoms with Crippen molar-refractivity contribution in [1.82, 2.24) is 19.6 Å². The number of oxazole rings is 1. The monoisotopic (exact) mass is 464 g/mol. The van der Waals surface area contributed by atoms with Gasteiger partial charge in [-0.05, 0) is 32.0 Å². The lowest BCUT2D eigenvalue weighted by atomic mass is 10.2. The van der Waals surface area contributed by atoms with Crippen LogP contribution in [0.4, 0.5) is 0 Å². The summed E-state index contributed by atoms with van der Waals surface area (Å²) in [4.78, 5) is 4.73. The minimum atomic E-state index is 0.539. The Labute approximate surface area is 194 Å². The average molecular weight is 465 g/mol. The summed E-state index contributed by atoms with van der Waals surface area (Å²) in [6.45, 7) is 5.94. The van der Waals surface area contributed by atoms with E-state index in [1.807, 2.05) is 44.2 Å². The van der Waals surface area contributed by atoms with Crippen molar-refractivity contribution in [2.75, 3.05) is 14.2 Å². The Hall–Kier alpha value is -3.46. The third kappa shape index (κ3) is 3.72. The van der Waals surface area contributed by atoms with Crippen LogP contribution in [-0.4, -0.2) is 33.8 Å². The Balaban J connectivity index is 1.45. The summed E-state index contributed by atoms with van der Waals surface area (Å²) in [6, 6.07) is 9.67. The van der Waals surface area contributed by atoms with Crippen molar-refractivity contribution in [2.24, 2.45) is 0 Å². The zero-order valence-corrected chi connectivity index (χ0v) is 19.9. The highest BCUT2D eigenvalue weighted by molar-refractivity contribution is 7.98. The van der Waals surface area contributed by atoms with E-state index in [4.69, 9.17) is 23.3 Å². The number of furan rings is 1. The van der Waals surface area contributed by atoms with Crippen LogP contribution in [-0.2, 0) is 12.2 Å². The lowest BCUT2D eigenvalue weighted by molar-refractivity contribution is 0.355. The molecule has 0 N–H and O–H groups in total. The molecule has 0 spiro atoms. The molecule has 0 aliphatic rings. The van der Waals surface area contributed by atoms with Crippen molar-refractivity contribution >= 4 is 28.4 Å². The minimum Gasteiger partial charge on any atom is -0.493 e. The molecule has 0 fully saturated rings. The van der Waals surface area contributed by atoms with Gasteiger partial charge in [0, 0.05) is 29.9 Å². The van der Waals surface area contributed by atoms with Crippen LogP contribution in [0.3, 0.4) is 0 Å². The summed E-state index contributed by atoms with van der Waals surface area (Å²) in [5.41, 5.74) is 4.53. The van der Waals surface area contributed by atoms with Crippen LogP contribution in [0, 0.1) is 13.8 Å². The van der Waals surface area contributed by atoms with Crippen molar-refractivity contribution in [3.63, 3.8) is 0 Å². The van der Waals surface area contributed by atoms with Gasteiger partial charge in [0.1, 0.15) is 22.4 Å². The highest BCUT2D eigenvalue weighted by Crippen LogP contribution is 2.35. The molecule has 5 aromatic rings. The molecule has 8 nitrogen and oxygen atoms in total. The summed E-state index contributed by atoms with van der Waals surface area (Å²) >= 11 is 1.58. The fourth-order valence-electron chi connectivity index (χ4n) is 3.87. The Kier molecular flexibility index (Phi) is 5.49. The normalized spacial score (nSPS) is 11.5. The van der Waals surface area contributed by atoms with Gasteiger partial charge in [-0.1, -0.05) is 18.7 Å². The molecular weight excluding hydrogens is 440 g/mol. The van der Waals surface area contributed by atoms with E-state index >= 15 is 0 Å². The standard InChI is InChI=1S/C24H24N4O4S/c1-6-22-26-27-24(18-11-20-17(28(18)22)9-13(2)31-20)33-12-16-14(3)32-23(25-16)15-7-8-19(29-4)21(10-15)30-5/h7-11H,6,12H2,1-5H3. The number of rotatable bonds is 7. The van der Waals surface area contributed by atoms with Gasteiger partial charge >= 0.3 is 0 Å². The van der Waals surface area contributed by atoms with Crippen LogP contribution in [0.5, 0.6) is 11.5 Å². The molecule has 0 aliphatic heterocycles. The highest BCUT2D eigenvalue weighted by atomic mass is 32.2. The predicted molar refractivity (Wildman–Crippen MR) is 126 cm³/mol. The van der Waals surface area contributed by atoms with Gasteiger partial charge in [-0.15, -0.1) is 10.2 Å². The van der Waals surface area contributed by atoms with Crippen LogP contribution >= 0.6 is 11.8 Å². The Morgan fingerprint density at radius 1 is 0.970 bits per heavy atom. The molecule has 5 rings (SSSR count). The molecule has 1 aromatic carbocycles. The molecule has 0 amide bonds. The lowest BCUT2D eigenvalue weighted by Crippen LogP contribution is -2.03. The second-order valence-electron chi connectivity index (χ2n) is 7.63. The van der Waals surface area contributed by atoms with E-state index < -0.39 is 0 Å². The van der Waals surface area contributed by atoms with E-state index in [0.29, 0.717) is 23.1 Å². The average Bonchev–Trinajstić information content (AvgIpc) is 3.48. The number of nitrogens with zero attached hydrogens (tertiary/aromatic N) is 4. The van der Waals surface area contributed by atoms with E-state index in [1.165, 1.54) is 0 Å². The number of benzene rings is 1. The van der Waals surface area contributed by atoms with Gasteiger partial charge in [0.25, 0.3) is 0 Å². The molecule has 4 heterocycles. The fraction of sp³-hybridized carbons (Fsp3) is 0.292. The maximum atomic E-state index is 5.96. The Morgan fingerprint density at radius 2 is 1.79 bits per heavy atom. The quantitative estimate of drug-likeness (QED) is 0.287. The van der Waals surface area contributed by atoms with Gasteiger partial charge in [0.2, 0.25) is 5.89 Å². The zero-order chi connectivity index (χ0) is 23.1. The summed E-state index contributed by atoms with van der Waals surface area (Å²) in [5.74, 6) is 4.97. The number of thioether (sulfide) groups is 1. The molecule has 0 aliphatic carbocycles. The second-order valence-corrected chi connectivity index (χ2v) is 8.59. The van der Waals surface area contributed by atoms with Crippen molar-refractivity contribution in [1.29, 1.82) is 0 Å². The smallest absolute Gasteiger partial charge is 0.226 e. The first kappa shape index (κ1) is 21.4. The summed E-state index contributed by atoms with van der Waals surface area (Å²) in [6.07, 6.45) is 0.777. The topological polar surface area (TPSA) is 87.8 Å². The number of hydrogen-bond donors (Lipinski definition) is 0. The first-order valence-electron chi connectivity index (χ1n) is 10.6. The van der Waals surface area contributed by atoms with E-state index in [9.17, 15) is 0 Å². The number of aromatic nitrogens is 4. The van der Waals surface area contributed by atoms with Gasteiger partial charge in [0.15, 0.2) is 17.1 Å². The number of aryl methyl sites for hydroxylation is 3. The van der Waals surface area contributed by atoms with Crippen molar-refractivity contribution in [2.45, 2.75) is 38.0 Å². The third-order valence-electron chi connectivity index (χ3n) is 5.53. The summed E-state index contributed by atoms with van der Waals surface area (Å²) in [7, 11) is 3.22. The van der Waals surface area contributed by atoms with Crippen LogP contribution in [0.1, 0.15) is 30.0 Å². The molecule has 170 valence electrons. The number of hydrogen-bond acceptors (Lipinski definition) is 8. The van der Waals surface area contributed by atoms with Gasteiger partial charge in [0.05, 0.1) is 30.9 Å². The van der Waals surface area contributed by atoms with Gasteiger partial charge in [-0.3, -0.25) is 4.40 Å². The number of methoxy groups -OCH3 is 2. The SMILES string of the molecule is CCc1nnc(SCc2nc(-c3ccc(OC)c(OC)c3)oc2C)c2cc3oc(C)cc3n12. The number of ether oxygens (including phenoxy) is 2. The molecule has 0 saturated carbocycles. The van der Waals surface area contributed by atoms with E-state index in [-0.39, 0.29) is 0 Å². The molecule has 0 radical (unpaired) electrons. The zero-order valence-electron chi connectivity index (χ0n) is 19.1. The van der Waals surface area contributed by atoms with Gasteiger partial charge < -0.3 is 18.3 Å². The second kappa shape index (κ2) is 8.47. The third-order valence-corrected chi connectivity index (χ3v) is 6.51. The van der Waals surface area contributed by atoms with Crippen molar-refractivity contribution < 1.29 is 18.3 Å². The maximum absolute atomic E-state index is 5.96. The van der Waals surface area contributed by atoms with E-state index in [1.54, 1.807) is 26.0 Å². The lowest BCUT2D eigenvalue weighted by Gasteiger charge is -2.07. The molecule has 0 atom stereocenters. The highest BCUT2D eigenvalue weighted by Gasteiger charge is 2.18. The van der Waals surface area contributed by atoms with Crippen LogP contribution in [0.2, 0.25) is 0 Å². The molecule has 4 aromatic heterocycles. The molecule has 0 unspecified atom stereocenters. The predicted octanol–water partition coefficient (Wildman–Crippen LogP) is 5.62. The first-order valence-corrected chi connectivity index (χ1v) is 11.6. The van der Waals surface area contributed by atoms with Crippen molar-refractivity contribution in [3.05, 3.63) is 53.4 Å². The molecule has 9 heteroatoms. The molecule has 33 heavy (non-hydrogen) atoms. The number of fused-ring (bicyclic) bond motifs is 3. The van der Waals surface area contributed by atoms with Gasteiger partial charge in [-0.2, -0.15) is 0 Å². The largest absolute Gasteiger partial charge is 0.493 e.